The van der Waals surface area contributed by atoms with Crippen molar-refractivity contribution in [3.63, 3.8) is 0 Å². The summed E-state index contributed by atoms with van der Waals surface area (Å²) in [4.78, 5) is 15.3. The van der Waals surface area contributed by atoms with Crippen LogP contribution in [0, 0.1) is 5.92 Å². The van der Waals surface area contributed by atoms with Gasteiger partial charge in [0.05, 0.1) is 4.90 Å². The van der Waals surface area contributed by atoms with E-state index in [2.05, 4.69) is 27.1 Å². The Kier molecular flexibility index (Phi) is 7.52. The van der Waals surface area contributed by atoms with E-state index in [9.17, 15) is 13.2 Å². The largest absolute Gasteiger partial charge is 0.351 e. The molecular formula is C22H28ClN3O3S. The maximum absolute atomic E-state index is 12.9. The second-order valence-corrected chi connectivity index (χ2v) is 10.2. The number of nitrogens with one attached hydrogen (secondary N) is 2. The molecule has 2 aromatic rings. The van der Waals surface area contributed by atoms with Gasteiger partial charge in [-0.3, -0.25) is 9.69 Å². The van der Waals surface area contributed by atoms with E-state index in [-0.39, 0.29) is 22.8 Å². The number of hydrogen-bond acceptors (Lipinski definition) is 4. The van der Waals surface area contributed by atoms with E-state index < -0.39 is 16.1 Å². The normalized spacial score (nSPS) is 18.5. The molecule has 1 saturated heterocycles. The number of carbonyl (C=O) groups is 1. The molecule has 0 aliphatic carbocycles. The van der Waals surface area contributed by atoms with Crippen molar-refractivity contribution < 1.29 is 13.2 Å². The molecule has 0 radical (unpaired) electrons. The van der Waals surface area contributed by atoms with Crippen molar-refractivity contribution in [2.45, 2.75) is 43.8 Å². The Balaban J connectivity index is 1.60. The molecule has 0 aromatic heterocycles. The van der Waals surface area contributed by atoms with Gasteiger partial charge in [-0.15, -0.1) is 0 Å². The fraction of sp³-hybridized carbons (Fsp3) is 0.409. The topological polar surface area (TPSA) is 78.5 Å². The van der Waals surface area contributed by atoms with Crippen molar-refractivity contribution in [2.24, 2.45) is 5.92 Å². The molecule has 1 aliphatic heterocycles. The van der Waals surface area contributed by atoms with Crippen LogP contribution >= 0.6 is 11.6 Å². The van der Waals surface area contributed by atoms with Gasteiger partial charge in [0.1, 0.15) is 6.04 Å². The van der Waals surface area contributed by atoms with Gasteiger partial charge in [0.25, 0.3) is 0 Å². The number of likely N-dealkylation sites (tertiary alicyclic amines) is 1. The molecular weight excluding hydrogens is 422 g/mol. The molecule has 1 heterocycles. The van der Waals surface area contributed by atoms with Crippen LogP contribution in [0.5, 0.6) is 0 Å². The fourth-order valence-electron chi connectivity index (χ4n) is 3.57. The molecule has 162 valence electrons. The number of nitrogens with zero attached hydrogens (tertiary/aromatic N) is 1. The predicted octanol–water partition coefficient (Wildman–Crippen LogP) is 3.03. The van der Waals surface area contributed by atoms with Gasteiger partial charge in [0.2, 0.25) is 15.9 Å². The molecule has 1 fully saturated rings. The average molecular weight is 450 g/mol. The number of amides is 1. The molecule has 2 atom stereocenters. The quantitative estimate of drug-likeness (QED) is 0.649. The summed E-state index contributed by atoms with van der Waals surface area (Å²) in [6.07, 6.45) is 0.841. The molecule has 3 rings (SSSR count). The first-order valence-corrected chi connectivity index (χ1v) is 12.0. The molecule has 2 N–H and O–H groups in total. The van der Waals surface area contributed by atoms with Crippen molar-refractivity contribution in [1.29, 1.82) is 0 Å². The van der Waals surface area contributed by atoms with Gasteiger partial charge in [-0.05, 0) is 42.2 Å². The summed E-state index contributed by atoms with van der Waals surface area (Å²) in [5.74, 6) is -0.497. The van der Waals surface area contributed by atoms with Gasteiger partial charge in [-0.2, -0.15) is 4.72 Å². The molecule has 1 unspecified atom stereocenters. The van der Waals surface area contributed by atoms with Crippen LogP contribution in [-0.4, -0.2) is 44.4 Å². The van der Waals surface area contributed by atoms with Crippen LogP contribution in [0.2, 0.25) is 5.02 Å². The Morgan fingerprint density at radius 1 is 1.13 bits per heavy atom. The highest BCUT2D eigenvalue weighted by Gasteiger charge is 2.31. The van der Waals surface area contributed by atoms with Crippen molar-refractivity contribution >= 4 is 27.5 Å². The van der Waals surface area contributed by atoms with Crippen molar-refractivity contribution in [3.8, 4) is 0 Å². The maximum atomic E-state index is 12.9. The lowest BCUT2D eigenvalue weighted by molar-refractivity contribution is -0.124. The van der Waals surface area contributed by atoms with Gasteiger partial charge in [-0.25, -0.2) is 8.42 Å². The molecule has 0 bridgehead atoms. The Morgan fingerprint density at radius 2 is 1.80 bits per heavy atom. The number of benzene rings is 2. The predicted molar refractivity (Wildman–Crippen MR) is 119 cm³/mol. The molecule has 0 spiro atoms. The van der Waals surface area contributed by atoms with Crippen LogP contribution in [0.1, 0.15) is 25.8 Å². The second kappa shape index (κ2) is 9.92. The lowest BCUT2D eigenvalue weighted by Crippen LogP contribution is -2.52. The molecule has 2 aromatic carbocycles. The van der Waals surface area contributed by atoms with E-state index >= 15 is 0 Å². The van der Waals surface area contributed by atoms with Gasteiger partial charge in [-0.1, -0.05) is 55.8 Å². The molecule has 0 saturated carbocycles. The van der Waals surface area contributed by atoms with Crippen molar-refractivity contribution in [1.82, 2.24) is 14.9 Å². The van der Waals surface area contributed by atoms with Crippen LogP contribution in [-0.2, 0) is 21.4 Å². The molecule has 8 heteroatoms. The highest BCUT2D eigenvalue weighted by Crippen LogP contribution is 2.17. The van der Waals surface area contributed by atoms with E-state index in [4.69, 9.17) is 11.6 Å². The first-order chi connectivity index (χ1) is 14.2. The first kappa shape index (κ1) is 22.7. The zero-order chi connectivity index (χ0) is 21.7. The van der Waals surface area contributed by atoms with Crippen LogP contribution in [0.4, 0.5) is 0 Å². The van der Waals surface area contributed by atoms with E-state index in [1.807, 2.05) is 32.0 Å². The minimum Gasteiger partial charge on any atom is -0.351 e. The van der Waals surface area contributed by atoms with Crippen molar-refractivity contribution in [2.75, 3.05) is 13.1 Å². The minimum absolute atomic E-state index is 0.00231. The van der Waals surface area contributed by atoms with Crippen LogP contribution in [0.15, 0.2) is 59.5 Å². The Labute approximate surface area is 183 Å². The summed E-state index contributed by atoms with van der Waals surface area (Å²) in [5.41, 5.74) is 1.24. The zero-order valence-corrected chi connectivity index (χ0v) is 18.8. The number of hydrogen-bond donors (Lipinski definition) is 2. The monoisotopic (exact) mass is 449 g/mol. The highest BCUT2D eigenvalue weighted by molar-refractivity contribution is 7.89. The van der Waals surface area contributed by atoms with Gasteiger partial charge < -0.3 is 5.32 Å². The summed E-state index contributed by atoms with van der Waals surface area (Å²) in [5, 5.41) is 3.48. The number of halogens is 1. The number of carbonyl (C=O) groups excluding carboxylic acids is 1. The van der Waals surface area contributed by atoms with E-state index in [0.29, 0.717) is 5.02 Å². The minimum atomic E-state index is -3.83. The Hall–Kier alpha value is -1.93. The van der Waals surface area contributed by atoms with E-state index in [1.165, 1.54) is 29.8 Å². The van der Waals surface area contributed by atoms with Gasteiger partial charge >= 0.3 is 0 Å². The summed E-state index contributed by atoms with van der Waals surface area (Å²) >= 11 is 5.84. The molecule has 1 aliphatic rings. The SMILES string of the molecule is CC(C)[C@H](NS(=O)(=O)c1ccc(Cl)cc1)C(=O)NC1CCN(Cc2ccccc2)C1. The number of sulfonamides is 1. The highest BCUT2D eigenvalue weighted by atomic mass is 35.5. The standard InChI is InChI=1S/C22H28ClN3O3S/c1-16(2)21(25-30(28,29)20-10-8-18(23)9-11-20)22(27)24-19-12-13-26(15-19)14-17-6-4-3-5-7-17/h3-11,16,19,21,25H,12-15H2,1-2H3,(H,24,27)/t19?,21-/m0/s1. The smallest absolute Gasteiger partial charge is 0.241 e. The summed E-state index contributed by atoms with van der Waals surface area (Å²) < 4.78 is 28.0. The Morgan fingerprint density at radius 3 is 2.43 bits per heavy atom. The van der Waals surface area contributed by atoms with E-state index in [0.717, 1.165) is 26.1 Å². The maximum Gasteiger partial charge on any atom is 0.241 e. The average Bonchev–Trinajstić information content (AvgIpc) is 3.13. The van der Waals surface area contributed by atoms with E-state index in [1.54, 1.807) is 0 Å². The lowest BCUT2D eigenvalue weighted by Gasteiger charge is -2.24. The van der Waals surface area contributed by atoms with Crippen molar-refractivity contribution in [3.05, 3.63) is 65.2 Å². The van der Waals surface area contributed by atoms with Gasteiger partial charge in [0, 0.05) is 30.7 Å². The first-order valence-electron chi connectivity index (χ1n) is 10.1. The zero-order valence-electron chi connectivity index (χ0n) is 17.2. The summed E-state index contributed by atoms with van der Waals surface area (Å²) in [6.45, 7) is 6.12. The van der Waals surface area contributed by atoms with Crippen LogP contribution in [0.25, 0.3) is 0 Å². The summed E-state index contributed by atoms with van der Waals surface area (Å²) in [7, 11) is -3.83. The fourth-order valence-corrected chi connectivity index (χ4v) is 5.04. The lowest BCUT2D eigenvalue weighted by atomic mass is 10.0. The van der Waals surface area contributed by atoms with Crippen LogP contribution < -0.4 is 10.0 Å². The number of rotatable bonds is 8. The third-order valence-electron chi connectivity index (χ3n) is 5.22. The Bertz CT molecular complexity index is 949. The van der Waals surface area contributed by atoms with Gasteiger partial charge in [0.15, 0.2) is 0 Å². The summed E-state index contributed by atoms with van der Waals surface area (Å²) in [6, 6.07) is 15.2. The third kappa shape index (κ3) is 6.04. The van der Waals surface area contributed by atoms with Crippen LogP contribution in [0.3, 0.4) is 0 Å². The molecule has 1 amide bonds. The molecule has 30 heavy (non-hydrogen) atoms. The second-order valence-electron chi connectivity index (χ2n) is 8.01. The molecule has 6 nitrogen and oxygen atoms in total. The third-order valence-corrected chi connectivity index (χ3v) is 6.93.